The van der Waals surface area contributed by atoms with E-state index < -0.39 is 0 Å². The van der Waals surface area contributed by atoms with Gasteiger partial charge in [0.2, 0.25) is 0 Å². The molecule has 1 aromatic carbocycles. The average molecular weight is 288 g/mol. The molecule has 0 bridgehead atoms. The van der Waals surface area contributed by atoms with Crippen LogP contribution in [0, 0.1) is 6.92 Å². The quantitative estimate of drug-likeness (QED) is 0.686. The number of aryl methyl sites for hydroxylation is 1. The van der Waals surface area contributed by atoms with Gasteiger partial charge in [0.05, 0.1) is 5.69 Å². The van der Waals surface area contributed by atoms with E-state index >= 15 is 0 Å². The van der Waals surface area contributed by atoms with Crippen LogP contribution in [-0.2, 0) is 0 Å². The van der Waals surface area contributed by atoms with Crippen LogP contribution in [0.4, 0.5) is 0 Å². The van der Waals surface area contributed by atoms with E-state index in [1.165, 1.54) is 5.56 Å². The Morgan fingerprint density at radius 2 is 2.06 bits per heavy atom. The summed E-state index contributed by atoms with van der Waals surface area (Å²) < 4.78 is 2.85. The maximum atomic E-state index is 4.54. The Morgan fingerprint density at radius 3 is 2.94 bits per heavy atom. The van der Waals surface area contributed by atoms with Gasteiger partial charge in [-0.15, -0.1) is 0 Å². The van der Waals surface area contributed by atoms with Crippen molar-refractivity contribution < 1.29 is 0 Å². The van der Waals surface area contributed by atoms with Crippen molar-refractivity contribution in [3.05, 3.63) is 52.8 Å². The van der Waals surface area contributed by atoms with E-state index in [-0.39, 0.29) is 0 Å². The minimum atomic E-state index is 0.862. The monoisotopic (exact) mass is 287 g/mol. The fourth-order valence-corrected chi connectivity index (χ4v) is 2.19. The molecule has 0 aliphatic heterocycles. The van der Waals surface area contributed by atoms with Crippen molar-refractivity contribution in [2.45, 2.75) is 6.92 Å². The lowest BCUT2D eigenvalue weighted by Crippen LogP contribution is -1.94. The Hall–Kier alpha value is -1.68. The van der Waals surface area contributed by atoms with Crippen LogP contribution in [0.2, 0.25) is 0 Å². The number of imidazole rings is 1. The van der Waals surface area contributed by atoms with Crippen molar-refractivity contribution in [1.82, 2.24) is 14.6 Å². The maximum absolute atomic E-state index is 4.54. The summed E-state index contributed by atoms with van der Waals surface area (Å²) in [5, 5.41) is 4.54. The summed E-state index contributed by atoms with van der Waals surface area (Å²) in [5.74, 6) is 0. The lowest BCUT2D eigenvalue weighted by atomic mass is 10.1. The van der Waals surface area contributed by atoms with Crippen LogP contribution in [0.15, 0.2) is 47.2 Å². The molecule has 84 valence electrons. The van der Waals surface area contributed by atoms with Crippen LogP contribution in [0.3, 0.4) is 0 Å². The molecule has 0 amide bonds. The van der Waals surface area contributed by atoms with Crippen molar-refractivity contribution >= 4 is 21.6 Å². The third-order valence-corrected chi connectivity index (χ3v) is 3.22. The third-order valence-electron chi connectivity index (χ3n) is 2.73. The van der Waals surface area contributed by atoms with Crippen LogP contribution >= 0.6 is 15.9 Å². The number of rotatable bonds is 1. The topological polar surface area (TPSA) is 30.2 Å². The van der Waals surface area contributed by atoms with E-state index in [1.807, 2.05) is 24.4 Å². The summed E-state index contributed by atoms with van der Waals surface area (Å²) in [7, 11) is 0. The van der Waals surface area contributed by atoms with Gasteiger partial charge in [0.15, 0.2) is 5.65 Å². The van der Waals surface area contributed by atoms with Crippen molar-refractivity contribution in [2.24, 2.45) is 0 Å². The van der Waals surface area contributed by atoms with Crippen molar-refractivity contribution in [3.63, 3.8) is 0 Å². The molecule has 0 fully saturated rings. The maximum Gasteiger partial charge on any atom is 0.153 e. The van der Waals surface area contributed by atoms with Gasteiger partial charge >= 0.3 is 0 Å². The highest BCUT2D eigenvalue weighted by molar-refractivity contribution is 9.10. The van der Waals surface area contributed by atoms with Crippen LogP contribution < -0.4 is 0 Å². The summed E-state index contributed by atoms with van der Waals surface area (Å²) in [4.78, 5) is 4.18. The minimum absolute atomic E-state index is 0.862. The van der Waals surface area contributed by atoms with E-state index in [0.29, 0.717) is 0 Å². The molecule has 3 nitrogen and oxygen atoms in total. The van der Waals surface area contributed by atoms with Crippen LogP contribution in [-0.4, -0.2) is 14.6 Å². The first kappa shape index (κ1) is 10.5. The smallest absolute Gasteiger partial charge is 0.153 e. The Labute approximate surface area is 107 Å². The Morgan fingerprint density at radius 1 is 1.18 bits per heavy atom. The van der Waals surface area contributed by atoms with Gasteiger partial charge < -0.3 is 0 Å². The zero-order valence-electron chi connectivity index (χ0n) is 9.26. The fraction of sp³-hybridized carbons (Fsp3) is 0.0769. The average Bonchev–Trinajstić information content (AvgIpc) is 2.79. The first-order valence-electron chi connectivity index (χ1n) is 5.31. The molecule has 3 rings (SSSR count). The Balaban J connectivity index is 2.22. The molecule has 0 unspecified atom stereocenters. The highest BCUT2D eigenvalue weighted by Gasteiger charge is 2.05. The molecule has 0 aliphatic rings. The fourth-order valence-electron chi connectivity index (χ4n) is 1.83. The van der Waals surface area contributed by atoms with Gasteiger partial charge in [-0.2, -0.15) is 5.10 Å². The van der Waals surface area contributed by atoms with Gasteiger partial charge in [0, 0.05) is 22.4 Å². The molecular weight excluding hydrogens is 278 g/mol. The summed E-state index contributed by atoms with van der Waals surface area (Å²) >= 11 is 3.49. The molecule has 0 atom stereocenters. The summed E-state index contributed by atoms with van der Waals surface area (Å²) in [6.07, 6.45) is 3.60. The van der Waals surface area contributed by atoms with Gasteiger partial charge in [0.1, 0.15) is 0 Å². The molecule has 0 aliphatic carbocycles. The zero-order chi connectivity index (χ0) is 11.8. The van der Waals surface area contributed by atoms with Crippen molar-refractivity contribution in [1.29, 1.82) is 0 Å². The molecule has 0 saturated heterocycles. The molecular formula is C13H10BrN3. The number of halogens is 1. The Kier molecular flexibility index (Phi) is 2.44. The van der Waals surface area contributed by atoms with E-state index in [1.54, 1.807) is 10.7 Å². The second-order valence-corrected chi connectivity index (χ2v) is 4.82. The van der Waals surface area contributed by atoms with Gasteiger partial charge in [-0.25, -0.2) is 9.50 Å². The molecule has 17 heavy (non-hydrogen) atoms. The summed E-state index contributed by atoms with van der Waals surface area (Å²) in [6.45, 7) is 2.08. The van der Waals surface area contributed by atoms with Crippen molar-refractivity contribution in [2.75, 3.05) is 0 Å². The number of hydrogen-bond acceptors (Lipinski definition) is 2. The minimum Gasteiger partial charge on any atom is -0.236 e. The van der Waals surface area contributed by atoms with Crippen LogP contribution in [0.5, 0.6) is 0 Å². The second kappa shape index (κ2) is 3.96. The van der Waals surface area contributed by atoms with Gasteiger partial charge in [-0.3, -0.25) is 0 Å². The normalized spacial score (nSPS) is 10.9. The second-order valence-electron chi connectivity index (χ2n) is 3.91. The van der Waals surface area contributed by atoms with Gasteiger partial charge in [0.25, 0.3) is 0 Å². The standard InChI is InChI=1S/C13H10BrN3/c1-9-2-3-10(14)8-11(9)12-4-5-13-15-6-7-17(13)16-12/h2-8H,1H3. The highest BCUT2D eigenvalue weighted by atomic mass is 79.9. The SMILES string of the molecule is Cc1ccc(Br)cc1-c1ccc2nccn2n1. The number of aromatic nitrogens is 3. The molecule has 0 spiro atoms. The van der Waals surface area contributed by atoms with E-state index in [2.05, 4.69) is 45.1 Å². The van der Waals surface area contributed by atoms with E-state index in [0.717, 1.165) is 21.4 Å². The van der Waals surface area contributed by atoms with Gasteiger partial charge in [-0.1, -0.05) is 22.0 Å². The number of benzene rings is 1. The molecule has 2 heterocycles. The van der Waals surface area contributed by atoms with Gasteiger partial charge in [-0.05, 0) is 36.8 Å². The lowest BCUT2D eigenvalue weighted by molar-refractivity contribution is 0.941. The van der Waals surface area contributed by atoms with E-state index in [9.17, 15) is 0 Å². The first-order chi connectivity index (χ1) is 8.24. The van der Waals surface area contributed by atoms with Crippen molar-refractivity contribution in [3.8, 4) is 11.3 Å². The summed E-state index contributed by atoms with van der Waals surface area (Å²) in [6, 6.07) is 10.2. The predicted molar refractivity (Wildman–Crippen MR) is 70.9 cm³/mol. The largest absolute Gasteiger partial charge is 0.236 e. The number of nitrogens with zero attached hydrogens (tertiary/aromatic N) is 3. The summed E-state index contributed by atoms with van der Waals surface area (Å²) in [5.41, 5.74) is 4.16. The first-order valence-corrected chi connectivity index (χ1v) is 6.10. The van der Waals surface area contributed by atoms with E-state index in [4.69, 9.17) is 0 Å². The molecule has 3 aromatic rings. The van der Waals surface area contributed by atoms with Crippen LogP contribution in [0.1, 0.15) is 5.56 Å². The highest BCUT2D eigenvalue weighted by Crippen LogP contribution is 2.25. The predicted octanol–water partition coefficient (Wildman–Crippen LogP) is 3.47. The molecule has 4 heteroatoms. The molecule has 0 N–H and O–H groups in total. The number of hydrogen-bond donors (Lipinski definition) is 0. The lowest BCUT2D eigenvalue weighted by Gasteiger charge is -2.06. The molecule has 0 saturated carbocycles. The number of fused-ring (bicyclic) bond motifs is 1. The molecule has 0 radical (unpaired) electrons. The zero-order valence-corrected chi connectivity index (χ0v) is 10.8. The molecule has 2 aromatic heterocycles. The third kappa shape index (κ3) is 1.85. The Bertz CT molecular complexity index is 688. The van der Waals surface area contributed by atoms with Crippen LogP contribution in [0.25, 0.3) is 16.9 Å².